The molecule has 0 heterocycles. The lowest BCUT2D eigenvalue weighted by molar-refractivity contribution is 0.926. The number of hydrogen-bond donors (Lipinski definition) is 2. The van der Waals surface area contributed by atoms with E-state index in [9.17, 15) is 0 Å². The summed E-state index contributed by atoms with van der Waals surface area (Å²) in [5.74, 6) is 0. The van der Waals surface area contributed by atoms with Gasteiger partial charge in [-0.05, 0) is 42.0 Å². The summed E-state index contributed by atoms with van der Waals surface area (Å²) in [4.78, 5) is 0. The van der Waals surface area contributed by atoms with Gasteiger partial charge in [-0.2, -0.15) is 0 Å². The van der Waals surface area contributed by atoms with Crippen molar-refractivity contribution < 1.29 is 0 Å². The summed E-state index contributed by atoms with van der Waals surface area (Å²) in [7, 11) is 0. The summed E-state index contributed by atoms with van der Waals surface area (Å²) >= 11 is 29.2. The van der Waals surface area contributed by atoms with Gasteiger partial charge in [0.15, 0.2) is 5.11 Å². The first kappa shape index (κ1) is 16.7. The molecule has 0 aromatic heterocycles. The maximum Gasteiger partial charge on any atom is 0.171 e. The molecule has 0 aliphatic carbocycles. The minimum Gasteiger partial charge on any atom is -0.358 e. The van der Waals surface area contributed by atoms with Gasteiger partial charge in [-0.1, -0.05) is 58.5 Å². The summed E-state index contributed by atoms with van der Waals surface area (Å²) in [6, 6.07) is 10.6. The largest absolute Gasteiger partial charge is 0.358 e. The van der Waals surface area contributed by atoms with Crippen LogP contribution in [-0.2, 0) is 6.54 Å². The van der Waals surface area contributed by atoms with Crippen LogP contribution in [0.5, 0.6) is 0 Å². The number of thiocarbonyl (C=S) groups is 1. The van der Waals surface area contributed by atoms with Crippen molar-refractivity contribution in [3.63, 3.8) is 0 Å². The van der Waals surface area contributed by atoms with E-state index in [0.717, 1.165) is 5.56 Å². The Bertz CT molecular complexity index is 676. The molecule has 110 valence electrons. The fourth-order valence-electron chi connectivity index (χ4n) is 1.61. The fraction of sp³-hybridized carbons (Fsp3) is 0.0714. The van der Waals surface area contributed by atoms with E-state index in [4.69, 9.17) is 58.6 Å². The average molecular weight is 380 g/mol. The lowest BCUT2D eigenvalue weighted by atomic mass is 10.2. The highest BCUT2D eigenvalue weighted by Crippen LogP contribution is 2.29. The van der Waals surface area contributed by atoms with Crippen LogP contribution in [0.25, 0.3) is 0 Å². The van der Waals surface area contributed by atoms with Crippen molar-refractivity contribution in [3.05, 3.63) is 62.1 Å². The SMILES string of the molecule is S=C(NCc1ccc(Cl)cc1Cl)Nc1cccc(Cl)c1Cl. The summed E-state index contributed by atoms with van der Waals surface area (Å²) in [5.41, 5.74) is 1.53. The van der Waals surface area contributed by atoms with Crippen LogP contribution in [0.4, 0.5) is 5.69 Å². The second kappa shape index (κ2) is 7.52. The molecule has 2 aromatic rings. The zero-order valence-electron chi connectivity index (χ0n) is 10.6. The molecule has 2 aromatic carbocycles. The van der Waals surface area contributed by atoms with E-state index in [2.05, 4.69) is 10.6 Å². The van der Waals surface area contributed by atoms with E-state index in [1.54, 1.807) is 30.3 Å². The third-order valence-electron chi connectivity index (χ3n) is 2.65. The highest BCUT2D eigenvalue weighted by molar-refractivity contribution is 7.80. The number of benzene rings is 2. The zero-order valence-corrected chi connectivity index (χ0v) is 14.4. The minimum absolute atomic E-state index is 0.421. The van der Waals surface area contributed by atoms with E-state index in [0.29, 0.717) is 37.4 Å². The minimum atomic E-state index is 0.421. The second-order valence-electron chi connectivity index (χ2n) is 4.14. The molecule has 21 heavy (non-hydrogen) atoms. The summed E-state index contributed by atoms with van der Waals surface area (Å²) in [5, 5.41) is 8.52. The van der Waals surface area contributed by atoms with Gasteiger partial charge in [0.2, 0.25) is 0 Å². The van der Waals surface area contributed by atoms with Crippen LogP contribution in [0.15, 0.2) is 36.4 Å². The smallest absolute Gasteiger partial charge is 0.171 e. The third-order valence-corrected chi connectivity index (χ3v) is 4.31. The molecule has 0 bridgehead atoms. The molecule has 0 spiro atoms. The van der Waals surface area contributed by atoms with E-state index in [1.807, 2.05) is 6.07 Å². The van der Waals surface area contributed by atoms with Crippen LogP contribution >= 0.6 is 58.6 Å². The lowest BCUT2D eigenvalue weighted by Gasteiger charge is -2.13. The maximum atomic E-state index is 6.09. The standard InChI is InChI=1S/C14H10Cl4N2S/c15-9-5-4-8(11(17)6-9)7-19-14(21)20-12-3-1-2-10(16)13(12)18/h1-6H,7H2,(H2,19,20,21). The van der Waals surface area contributed by atoms with Crippen molar-refractivity contribution in [1.29, 1.82) is 0 Å². The Labute approximate surface area is 148 Å². The van der Waals surface area contributed by atoms with E-state index in [1.165, 1.54) is 0 Å². The Kier molecular flexibility index (Phi) is 5.97. The van der Waals surface area contributed by atoms with Crippen LogP contribution in [0.1, 0.15) is 5.56 Å². The van der Waals surface area contributed by atoms with Gasteiger partial charge in [0.1, 0.15) is 0 Å². The zero-order chi connectivity index (χ0) is 15.4. The van der Waals surface area contributed by atoms with Gasteiger partial charge in [0.05, 0.1) is 15.7 Å². The van der Waals surface area contributed by atoms with Gasteiger partial charge < -0.3 is 10.6 Å². The van der Waals surface area contributed by atoms with E-state index >= 15 is 0 Å². The summed E-state index contributed by atoms with van der Waals surface area (Å²) in [6.07, 6.45) is 0. The fourth-order valence-corrected chi connectivity index (χ4v) is 2.61. The van der Waals surface area contributed by atoms with Crippen LogP contribution in [0.2, 0.25) is 20.1 Å². The molecular weight excluding hydrogens is 370 g/mol. The van der Waals surface area contributed by atoms with Gasteiger partial charge >= 0.3 is 0 Å². The first-order valence-electron chi connectivity index (χ1n) is 5.90. The predicted molar refractivity (Wildman–Crippen MR) is 96.0 cm³/mol. The first-order chi connectivity index (χ1) is 9.97. The third kappa shape index (κ3) is 4.63. The molecule has 0 fully saturated rings. The van der Waals surface area contributed by atoms with Gasteiger partial charge in [-0.25, -0.2) is 0 Å². The Balaban J connectivity index is 1.97. The molecule has 2 N–H and O–H groups in total. The number of rotatable bonds is 3. The molecule has 0 unspecified atom stereocenters. The topological polar surface area (TPSA) is 24.1 Å². The molecule has 7 heteroatoms. The lowest BCUT2D eigenvalue weighted by Crippen LogP contribution is -2.28. The van der Waals surface area contributed by atoms with Gasteiger partial charge in [0.25, 0.3) is 0 Å². The molecule has 0 saturated carbocycles. The molecular formula is C14H10Cl4N2S. The van der Waals surface area contributed by atoms with Crippen molar-refractivity contribution in [2.75, 3.05) is 5.32 Å². The summed E-state index contributed by atoms with van der Waals surface area (Å²) in [6.45, 7) is 0.472. The molecule has 2 nitrogen and oxygen atoms in total. The van der Waals surface area contributed by atoms with Gasteiger partial charge in [-0.3, -0.25) is 0 Å². The number of hydrogen-bond acceptors (Lipinski definition) is 1. The number of halogens is 4. The normalized spacial score (nSPS) is 10.3. The Hall–Kier alpha value is -0.710. The number of anilines is 1. The van der Waals surface area contributed by atoms with Crippen molar-refractivity contribution in [3.8, 4) is 0 Å². The number of nitrogens with one attached hydrogen (secondary N) is 2. The van der Waals surface area contributed by atoms with Crippen molar-refractivity contribution >= 4 is 69.4 Å². The Morgan fingerprint density at radius 3 is 2.48 bits per heavy atom. The highest BCUT2D eigenvalue weighted by atomic mass is 35.5. The van der Waals surface area contributed by atoms with Gasteiger partial charge in [0, 0.05) is 16.6 Å². The first-order valence-corrected chi connectivity index (χ1v) is 7.82. The Morgan fingerprint density at radius 2 is 1.76 bits per heavy atom. The van der Waals surface area contributed by atoms with Crippen molar-refractivity contribution in [1.82, 2.24) is 5.32 Å². The van der Waals surface area contributed by atoms with Crippen molar-refractivity contribution in [2.45, 2.75) is 6.54 Å². The molecule has 0 saturated heterocycles. The molecule has 0 atom stereocenters. The quantitative estimate of drug-likeness (QED) is 0.660. The average Bonchev–Trinajstić information content (AvgIpc) is 2.43. The van der Waals surface area contributed by atoms with E-state index < -0.39 is 0 Å². The van der Waals surface area contributed by atoms with Crippen LogP contribution < -0.4 is 10.6 Å². The van der Waals surface area contributed by atoms with Gasteiger partial charge in [-0.15, -0.1) is 0 Å². The predicted octanol–water partition coefficient (Wildman–Crippen LogP) is 5.79. The monoisotopic (exact) mass is 378 g/mol. The molecule has 0 amide bonds. The second-order valence-corrected chi connectivity index (χ2v) is 6.18. The molecule has 0 aliphatic rings. The van der Waals surface area contributed by atoms with E-state index in [-0.39, 0.29) is 0 Å². The highest BCUT2D eigenvalue weighted by Gasteiger charge is 2.07. The molecule has 0 radical (unpaired) electrons. The molecule has 0 aliphatic heterocycles. The molecule has 2 rings (SSSR count). The van der Waals surface area contributed by atoms with Crippen LogP contribution in [-0.4, -0.2) is 5.11 Å². The maximum absolute atomic E-state index is 6.09. The van der Waals surface area contributed by atoms with Crippen LogP contribution in [0, 0.1) is 0 Å². The Morgan fingerprint density at radius 1 is 1.00 bits per heavy atom. The van der Waals surface area contributed by atoms with Crippen molar-refractivity contribution in [2.24, 2.45) is 0 Å². The van der Waals surface area contributed by atoms with Crippen LogP contribution in [0.3, 0.4) is 0 Å². The summed E-state index contributed by atoms with van der Waals surface area (Å²) < 4.78 is 0.